The minimum absolute atomic E-state index is 0.0323. The summed E-state index contributed by atoms with van der Waals surface area (Å²) in [7, 11) is -3.82. The number of carbonyl (C=O) groups is 1. The molecular formula is C22H24N4O5S2. The Morgan fingerprint density at radius 1 is 1.12 bits per heavy atom. The number of aryl methyl sites for hydroxylation is 1. The summed E-state index contributed by atoms with van der Waals surface area (Å²) in [6, 6.07) is 14.1. The zero-order valence-electron chi connectivity index (χ0n) is 18.1. The largest absolute Gasteiger partial charge is 0.494 e. The normalized spacial score (nSPS) is 11.0. The molecule has 0 saturated heterocycles. The zero-order valence-corrected chi connectivity index (χ0v) is 19.8. The Kier molecular flexibility index (Phi) is 8.01. The van der Waals surface area contributed by atoms with Crippen LogP contribution >= 0.6 is 12.2 Å². The maximum absolute atomic E-state index is 12.4. The summed E-state index contributed by atoms with van der Waals surface area (Å²) in [4.78, 5) is 12.4. The molecule has 33 heavy (non-hydrogen) atoms. The van der Waals surface area contributed by atoms with Gasteiger partial charge in [-0.25, -0.2) is 8.42 Å². The van der Waals surface area contributed by atoms with Gasteiger partial charge in [0.25, 0.3) is 15.9 Å². The lowest BCUT2D eigenvalue weighted by atomic mass is 10.2. The summed E-state index contributed by atoms with van der Waals surface area (Å²) in [5, 5.41) is 9.13. The monoisotopic (exact) mass is 488 g/mol. The number of thiocarbonyl (C=S) groups is 1. The first kappa shape index (κ1) is 24.2. The van der Waals surface area contributed by atoms with Crippen LogP contribution in [0.25, 0.3) is 0 Å². The van der Waals surface area contributed by atoms with Crippen LogP contribution in [-0.4, -0.2) is 31.2 Å². The Bertz CT molecular complexity index is 1210. The first-order chi connectivity index (χ1) is 15.8. The minimum atomic E-state index is -3.82. The summed E-state index contributed by atoms with van der Waals surface area (Å²) < 4.78 is 37.7. The molecule has 9 nitrogen and oxygen atoms in total. The summed E-state index contributed by atoms with van der Waals surface area (Å²) in [5.74, 6) is 0.904. The van der Waals surface area contributed by atoms with Crippen molar-refractivity contribution >= 4 is 44.8 Å². The van der Waals surface area contributed by atoms with E-state index in [4.69, 9.17) is 21.5 Å². The van der Waals surface area contributed by atoms with Gasteiger partial charge in [-0.05, 0) is 74.1 Å². The number of nitrogens with zero attached hydrogens (tertiary/aromatic N) is 1. The van der Waals surface area contributed by atoms with Crippen LogP contribution in [0.5, 0.6) is 5.75 Å². The van der Waals surface area contributed by atoms with E-state index < -0.39 is 10.0 Å². The van der Waals surface area contributed by atoms with Crippen molar-refractivity contribution in [3.05, 3.63) is 65.9 Å². The van der Waals surface area contributed by atoms with Gasteiger partial charge in [-0.1, -0.05) is 18.5 Å². The number of carbonyl (C=O) groups excluding carboxylic acids is 1. The van der Waals surface area contributed by atoms with Crippen molar-refractivity contribution in [1.29, 1.82) is 0 Å². The van der Waals surface area contributed by atoms with Crippen LogP contribution in [0.2, 0.25) is 0 Å². The van der Waals surface area contributed by atoms with Crippen molar-refractivity contribution in [2.24, 2.45) is 0 Å². The fourth-order valence-corrected chi connectivity index (χ4v) is 3.90. The number of nitrogens with one attached hydrogen (secondary N) is 3. The number of ether oxygens (including phenoxy) is 1. The number of anilines is 2. The lowest BCUT2D eigenvalue weighted by Gasteiger charge is -2.11. The first-order valence-electron chi connectivity index (χ1n) is 10.2. The van der Waals surface area contributed by atoms with Gasteiger partial charge in [0.2, 0.25) is 0 Å². The van der Waals surface area contributed by atoms with E-state index in [2.05, 4.69) is 27.4 Å². The summed E-state index contributed by atoms with van der Waals surface area (Å²) in [6.45, 7) is 4.37. The molecule has 0 aliphatic rings. The molecule has 0 atom stereocenters. The highest BCUT2D eigenvalue weighted by atomic mass is 32.2. The molecule has 0 fully saturated rings. The maximum atomic E-state index is 12.4. The lowest BCUT2D eigenvalue weighted by molar-refractivity contribution is 0.0977. The highest BCUT2D eigenvalue weighted by molar-refractivity contribution is 7.92. The van der Waals surface area contributed by atoms with Gasteiger partial charge in [0.05, 0.1) is 11.5 Å². The molecule has 11 heteroatoms. The van der Waals surface area contributed by atoms with Gasteiger partial charge in [-0.3, -0.25) is 14.8 Å². The topological polar surface area (TPSA) is 123 Å². The standard InChI is InChI=1S/C22H24N4O5S2/c1-3-4-13-30-18-9-5-16(6-10-18)21(27)24-22(32)23-17-7-11-19(12-8-17)33(28,29)26-20-14-15(2)31-25-20/h5-12,14H,3-4,13H2,1-2H3,(H,25,26)(H2,23,24,27,32). The van der Waals surface area contributed by atoms with Gasteiger partial charge in [0, 0.05) is 17.3 Å². The molecule has 3 rings (SSSR count). The molecule has 1 amide bonds. The van der Waals surface area contributed by atoms with E-state index in [1.807, 2.05) is 0 Å². The Balaban J connectivity index is 1.54. The Morgan fingerprint density at radius 2 is 1.82 bits per heavy atom. The van der Waals surface area contributed by atoms with Gasteiger partial charge >= 0.3 is 0 Å². The fourth-order valence-electron chi connectivity index (χ4n) is 2.70. The smallest absolute Gasteiger partial charge is 0.263 e. The molecule has 0 aliphatic heterocycles. The number of rotatable bonds is 9. The third kappa shape index (κ3) is 7.02. The van der Waals surface area contributed by atoms with Gasteiger partial charge in [0.1, 0.15) is 11.5 Å². The second-order valence-corrected chi connectivity index (χ2v) is 9.18. The summed E-state index contributed by atoms with van der Waals surface area (Å²) >= 11 is 5.19. The summed E-state index contributed by atoms with van der Waals surface area (Å²) in [6.07, 6.45) is 2.01. The van der Waals surface area contributed by atoms with Crippen LogP contribution < -0.4 is 20.1 Å². The molecule has 0 unspecified atom stereocenters. The predicted molar refractivity (Wildman–Crippen MR) is 129 cm³/mol. The second-order valence-electron chi connectivity index (χ2n) is 7.09. The molecule has 0 saturated carbocycles. The van der Waals surface area contributed by atoms with E-state index in [1.54, 1.807) is 31.2 Å². The van der Waals surface area contributed by atoms with Crippen molar-refractivity contribution in [3.63, 3.8) is 0 Å². The van der Waals surface area contributed by atoms with E-state index in [9.17, 15) is 13.2 Å². The van der Waals surface area contributed by atoms with Gasteiger partial charge in [-0.15, -0.1) is 0 Å². The molecule has 0 aliphatic carbocycles. The highest BCUT2D eigenvalue weighted by Crippen LogP contribution is 2.18. The van der Waals surface area contributed by atoms with Crippen LogP contribution in [0.3, 0.4) is 0 Å². The van der Waals surface area contributed by atoms with Crippen molar-refractivity contribution in [2.45, 2.75) is 31.6 Å². The van der Waals surface area contributed by atoms with Gasteiger partial charge < -0.3 is 14.6 Å². The number of hydrogen-bond acceptors (Lipinski definition) is 7. The number of benzene rings is 2. The Morgan fingerprint density at radius 3 is 2.42 bits per heavy atom. The van der Waals surface area contributed by atoms with Gasteiger partial charge in [-0.2, -0.15) is 0 Å². The Labute approximate surface area is 197 Å². The van der Waals surface area contributed by atoms with E-state index in [1.165, 1.54) is 30.3 Å². The lowest BCUT2D eigenvalue weighted by Crippen LogP contribution is -2.34. The van der Waals surface area contributed by atoms with Crippen LogP contribution in [0, 0.1) is 6.92 Å². The maximum Gasteiger partial charge on any atom is 0.263 e. The zero-order chi connectivity index (χ0) is 23.8. The summed E-state index contributed by atoms with van der Waals surface area (Å²) in [5.41, 5.74) is 0.939. The van der Waals surface area contributed by atoms with E-state index in [-0.39, 0.29) is 21.7 Å². The molecule has 3 N–H and O–H groups in total. The number of hydrogen-bond donors (Lipinski definition) is 3. The van der Waals surface area contributed by atoms with Crippen molar-refractivity contribution in [1.82, 2.24) is 10.5 Å². The van der Waals surface area contributed by atoms with Crippen LogP contribution in [0.4, 0.5) is 11.5 Å². The molecule has 0 radical (unpaired) electrons. The fraction of sp³-hybridized carbons (Fsp3) is 0.227. The third-order valence-electron chi connectivity index (χ3n) is 4.40. The van der Waals surface area contributed by atoms with Crippen LogP contribution in [0.15, 0.2) is 64.0 Å². The van der Waals surface area contributed by atoms with E-state index >= 15 is 0 Å². The molecule has 3 aromatic rings. The van der Waals surface area contributed by atoms with E-state index in [0.29, 0.717) is 29.4 Å². The second kappa shape index (κ2) is 10.9. The molecule has 1 aromatic heterocycles. The van der Waals surface area contributed by atoms with Crippen molar-refractivity contribution in [2.75, 3.05) is 16.6 Å². The third-order valence-corrected chi connectivity index (χ3v) is 5.97. The SMILES string of the molecule is CCCCOc1ccc(C(=O)NC(=S)Nc2ccc(S(=O)(=O)Nc3cc(C)on3)cc2)cc1. The van der Waals surface area contributed by atoms with Gasteiger partial charge in [0.15, 0.2) is 10.9 Å². The predicted octanol–water partition coefficient (Wildman–Crippen LogP) is 4.09. The number of aromatic nitrogens is 1. The average molecular weight is 489 g/mol. The van der Waals surface area contributed by atoms with Crippen molar-refractivity contribution < 1.29 is 22.5 Å². The quantitative estimate of drug-likeness (QED) is 0.304. The van der Waals surface area contributed by atoms with Crippen LogP contribution in [0.1, 0.15) is 35.9 Å². The minimum Gasteiger partial charge on any atom is -0.494 e. The number of sulfonamides is 1. The van der Waals surface area contributed by atoms with Crippen molar-refractivity contribution in [3.8, 4) is 5.75 Å². The first-order valence-corrected chi connectivity index (χ1v) is 12.1. The Hall–Kier alpha value is -3.44. The molecule has 2 aromatic carbocycles. The molecule has 174 valence electrons. The molecular weight excluding hydrogens is 464 g/mol. The van der Waals surface area contributed by atoms with Crippen LogP contribution in [-0.2, 0) is 10.0 Å². The number of unbranched alkanes of at least 4 members (excludes halogenated alkanes) is 1. The highest BCUT2D eigenvalue weighted by Gasteiger charge is 2.16. The molecule has 0 spiro atoms. The molecule has 1 heterocycles. The van der Waals surface area contributed by atoms with E-state index in [0.717, 1.165) is 12.8 Å². The molecule has 0 bridgehead atoms. The average Bonchev–Trinajstić information content (AvgIpc) is 3.18. The number of amides is 1.